The summed E-state index contributed by atoms with van der Waals surface area (Å²) < 4.78 is 24.7. The number of aryl methyl sites for hydroxylation is 2. The van der Waals surface area contributed by atoms with Gasteiger partial charge >= 0.3 is 0 Å². The van der Waals surface area contributed by atoms with Crippen LogP contribution in [0.25, 0.3) is 0 Å². The Labute approximate surface area is 153 Å². The van der Waals surface area contributed by atoms with Gasteiger partial charge in [-0.15, -0.1) is 0 Å². The Kier molecular flexibility index (Phi) is 4.54. The van der Waals surface area contributed by atoms with Crippen molar-refractivity contribution in [2.45, 2.75) is 39.0 Å². The molecule has 26 heavy (non-hydrogen) atoms. The topological polar surface area (TPSA) is 95.1 Å². The number of piperazine rings is 1. The number of imidazole rings is 1. The third kappa shape index (κ3) is 3.51. The first-order chi connectivity index (χ1) is 12.4. The molecule has 0 amide bonds. The van der Waals surface area contributed by atoms with Crippen LogP contribution in [0.5, 0.6) is 0 Å². The van der Waals surface area contributed by atoms with Crippen LogP contribution >= 0.6 is 0 Å². The summed E-state index contributed by atoms with van der Waals surface area (Å²) in [7, 11) is -3.03. The summed E-state index contributed by atoms with van der Waals surface area (Å²) in [6, 6.07) is 0.0190. The van der Waals surface area contributed by atoms with Crippen molar-refractivity contribution in [3.05, 3.63) is 41.5 Å². The molecule has 4 rings (SSSR count). The molecule has 4 heterocycles. The lowest BCUT2D eigenvalue weighted by atomic mass is 10.0. The second-order valence-corrected chi connectivity index (χ2v) is 9.42. The van der Waals surface area contributed by atoms with Crippen molar-refractivity contribution in [3.63, 3.8) is 0 Å². The molecule has 2 aromatic rings. The standard InChI is InChI=1S/C17H24N6O2S/c1-12-15(21-11-20-12)8-23-4-3-22(7-14-5-18-13(2)19-6-14)16-9-26(24,25)10-17(16)23/h5-6,11,16-17H,3-4,7-10H2,1-2H3,(H,20,21)/t16-,17+/m0/s1. The van der Waals surface area contributed by atoms with Gasteiger partial charge in [-0.05, 0) is 13.8 Å². The van der Waals surface area contributed by atoms with Gasteiger partial charge in [-0.25, -0.2) is 23.4 Å². The van der Waals surface area contributed by atoms with Crippen molar-refractivity contribution in [3.8, 4) is 0 Å². The highest BCUT2D eigenvalue weighted by Crippen LogP contribution is 2.29. The fourth-order valence-electron chi connectivity index (χ4n) is 3.96. The molecule has 2 aromatic heterocycles. The molecular formula is C17H24N6O2S. The van der Waals surface area contributed by atoms with Crippen LogP contribution in [-0.2, 0) is 22.9 Å². The normalized spacial score (nSPS) is 26.1. The molecule has 0 radical (unpaired) electrons. The van der Waals surface area contributed by atoms with E-state index >= 15 is 0 Å². The Morgan fingerprint density at radius 3 is 2.23 bits per heavy atom. The first-order valence-electron chi connectivity index (χ1n) is 8.86. The maximum Gasteiger partial charge on any atom is 0.153 e. The van der Waals surface area contributed by atoms with E-state index in [1.165, 1.54) is 0 Å². The van der Waals surface area contributed by atoms with E-state index in [0.29, 0.717) is 13.1 Å². The molecule has 0 bridgehead atoms. The van der Waals surface area contributed by atoms with E-state index in [2.05, 4.69) is 29.7 Å². The highest BCUT2D eigenvalue weighted by atomic mass is 32.2. The summed E-state index contributed by atoms with van der Waals surface area (Å²) in [5, 5.41) is 0. The van der Waals surface area contributed by atoms with Crippen LogP contribution in [0.4, 0.5) is 0 Å². The molecule has 0 aromatic carbocycles. The van der Waals surface area contributed by atoms with Crippen LogP contribution in [0.15, 0.2) is 18.7 Å². The fourth-order valence-corrected chi connectivity index (χ4v) is 6.01. The van der Waals surface area contributed by atoms with Crippen LogP contribution < -0.4 is 0 Å². The van der Waals surface area contributed by atoms with Crippen LogP contribution in [0, 0.1) is 13.8 Å². The third-order valence-electron chi connectivity index (χ3n) is 5.41. The molecule has 2 aliphatic rings. The minimum Gasteiger partial charge on any atom is -0.348 e. The molecule has 1 N–H and O–H groups in total. The second-order valence-electron chi connectivity index (χ2n) is 7.27. The first-order valence-corrected chi connectivity index (χ1v) is 10.7. The molecule has 0 unspecified atom stereocenters. The smallest absolute Gasteiger partial charge is 0.153 e. The van der Waals surface area contributed by atoms with Crippen molar-refractivity contribution in [2.75, 3.05) is 24.6 Å². The molecule has 0 aliphatic carbocycles. The SMILES string of the molecule is Cc1ncc(CN2CCN(Cc3nc[nH]c3C)[C@@H]3CS(=O)(=O)C[C@@H]32)cn1. The van der Waals surface area contributed by atoms with Crippen molar-refractivity contribution in [1.82, 2.24) is 29.7 Å². The Bertz CT molecular complexity index is 879. The van der Waals surface area contributed by atoms with Gasteiger partial charge in [0.1, 0.15) is 5.82 Å². The summed E-state index contributed by atoms with van der Waals surface area (Å²) in [4.78, 5) is 20.5. The maximum absolute atomic E-state index is 12.4. The number of aromatic amines is 1. The molecule has 2 saturated heterocycles. The van der Waals surface area contributed by atoms with Gasteiger partial charge in [0.05, 0.1) is 23.5 Å². The monoisotopic (exact) mass is 376 g/mol. The van der Waals surface area contributed by atoms with E-state index in [9.17, 15) is 8.42 Å². The molecule has 8 nitrogen and oxygen atoms in total. The zero-order valence-corrected chi connectivity index (χ0v) is 15.9. The van der Waals surface area contributed by atoms with Crippen molar-refractivity contribution >= 4 is 9.84 Å². The average molecular weight is 376 g/mol. The zero-order chi connectivity index (χ0) is 18.3. The Morgan fingerprint density at radius 1 is 1.04 bits per heavy atom. The van der Waals surface area contributed by atoms with Gasteiger partial charge in [-0.2, -0.15) is 0 Å². The van der Waals surface area contributed by atoms with Gasteiger partial charge in [0.2, 0.25) is 0 Å². The number of aromatic nitrogens is 4. The van der Waals surface area contributed by atoms with Gasteiger partial charge in [0.15, 0.2) is 9.84 Å². The molecule has 9 heteroatoms. The second kappa shape index (κ2) is 6.71. The number of H-pyrrole nitrogens is 1. The zero-order valence-electron chi connectivity index (χ0n) is 15.1. The quantitative estimate of drug-likeness (QED) is 0.820. The summed E-state index contributed by atoms with van der Waals surface area (Å²) >= 11 is 0. The Hall–Kier alpha value is -1.84. The maximum atomic E-state index is 12.4. The van der Waals surface area contributed by atoms with E-state index in [1.54, 1.807) is 6.33 Å². The van der Waals surface area contributed by atoms with Crippen LogP contribution in [0.2, 0.25) is 0 Å². The van der Waals surface area contributed by atoms with E-state index in [-0.39, 0.29) is 23.6 Å². The van der Waals surface area contributed by atoms with E-state index < -0.39 is 9.84 Å². The third-order valence-corrected chi connectivity index (χ3v) is 7.11. The highest BCUT2D eigenvalue weighted by molar-refractivity contribution is 7.91. The lowest BCUT2D eigenvalue weighted by Gasteiger charge is -2.43. The van der Waals surface area contributed by atoms with Gasteiger partial charge in [0, 0.05) is 61.9 Å². The molecular weight excluding hydrogens is 352 g/mol. The summed E-state index contributed by atoms with van der Waals surface area (Å²) in [6.07, 6.45) is 5.36. The molecule has 0 spiro atoms. The van der Waals surface area contributed by atoms with Gasteiger partial charge < -0.3 is 4.98 Å². The van der Waals surface area contributed by atoms with E-state index in [4.69, 9.17) is 0 Å². The number of nitrogens with zero attached hydrogens (tertiary/aromatic N) is 5. The van der Waals surface area contributed by atoms with Crippen molar-refractivity contribution < 1.29 is 8.42 Å². The van der Waals surface area contributed by atoms with Crippen LogP contribution in [-0.4, -0.2) is 74.8 Å². The summed E-state index contributed by atoms with van der Waals surface area (Å²) in [5.74, 6) is 1.19. The number of nitrogens with one attached hydrogen (secondary N) is 1. The van der Waals surface area contributed by atoms with Gasteiger partial charge in [-0.1, -0.05) is 0 Å². The average Bonchev–Trinajstić information content (AvgIpc) is 3.14. The van der Waals surface area contributed by atoms with Crippen LogP contribution in [0.3, 0.4) is 0 Å². The number of fused-ring (bicyclic) bond motifs is 1. The van der Waals surface area contributed by atoms with E-state index in [0.717, 1.165) is 35.9 Å². The lowest BCUT2D eigenvalue weighted by molar-refractivity contribution is 0.0346. The number of sulfone groups is 1. The fraction of sp³-hybridized carbons (Fsp3) is 0.588. The predicted octanol–water partition coefficient (Wildman–Crippen LogP) is 0.300. The van der Waals surface area contributed by atoms with Gasteiger partial charge in [-0.3, -0.25) is 9.80 Å². The number of hydrogen-bond donors (Lipinski definition) is 1. The Balaban J connectivity index is 1.53. The molecule has 140 valence electrons. The van der Waals surface area contributed by atoms with Gasteiger partial charge in [0.25, 0.3) is 0 Å². The molecule has 2 atom stereocenters. The van der Waals surface area contributed by atoms with Crippen LogP contribution in [0.1, 0.15) is 22.8 Å². The Morgan fingerprint density at radius 2 is 1.65 bits per heavy atom. The van der Waals surface area contributed by atoms with E-state index in [1.807, 2.05) is 26.2 Å². The van der Waals surface area contributed by atoms with Crippen molar-refractivity contribution in [2.24, 2.45) is 0 Å². The highest BCUT2D eigenvalue weighted by Gasteiger charge is 2.46. The summed E-state index contributed by atoms with van der Waals surface area (Å²) in [6.45, 7) is 6.89. The minimum absolute atomic E-state index is 0.00861. The predicted molar refractivity (Wildman–Crippen MR) is 97.1 cm³/mol. The van der Waals surface area contributed by atoms with Crippen molar-refractivity contribution in [1.29, 1.82) is 0 Å². The lowest BCUT2D eigenvalue weighted by Crippen LogP contribution is -2.58. The number of rotatable bonds is 4. The molecule has 2 aliphatic heterocycles. The first kappa shape index (κ1) is 17.6. The number of hydrogen-bond acceptors (Lipinski definition) is 7. The molecule has 2 fully saturated rings. The molecule has 0 saturated carbocycles. The minimum atomic E-state index is -3.03. The largest absolute Gasteiger partial charge is 0.348 e. The summed E-state index contributed by atoms with van der Waals surface area (Å²) in [5.41, 5.74) is 3.06.